The normalized spacial score (nSPS) is 11.2. The number of fused-ring (bicyclic) bond motifs is 1. The van der Waals surface area contributed by atoms with Crippen molar-refractivity contribution in [2.75, 3.05) is 5.32 Å². The van der Waals surface area contributed by atoms with Crippen LogP contribution in [0, 0.1) is 0 Å². The SMILES string of the molecule is CC(C)c1nc2[nH]c(=O)cc(NC(=O)c3cccs3)n2n1. The lowest BCUT2D eigenvalue weighted by molar-refractivity contribution is 0.103. The number of hydrogen-bond donors (Lipinski definition) is 2. The average molecular weight is 303 g/mol. The molecular formula is C13H13N5O2S. The fourth-order valence-electron chi connectivity index (χ4n) is 1.83. The zero-order valence-corrected chi connectivity index (χ0v) is 12.3. The van der Waals surface area contributed by atoms with E-state index in [1.807, 2.05) is 19.2 Å². The van der Waals surface area contributed by atoms with Gasteiger partial charge in [-0.15, -0.1) is 16.4 Å². The third-order valence-corrected chi connectivity index (χ3v) is 3.73. The first-order valence-corrected chi connectivity index (χ1v) is 7.27. The Bertz CT molecular complexity index is 847. The minimum atomic E-state index is -0.341. The number of hydrogen-bond acceptors (Lipinski definition) is 5. The fourth-order valence-corrected chi connectivity index (χ4v) is 2.45. The average Bonchev–Trinajstić information content (AvgIpc) is 3.07. The maximum Gasteiger partial charge on any atom is 0.266 e. The molecule has 0 aromatic carbocycles. The highest BCUT2D eigenvalue weighted by Gasteiger charge is 2.14. The standard InChI is InChI=1S/C13H13N5O2S/c1-7(2)11-16-13-15-10(19)6-9(18(13)17-11)14-12(20)8-4-3-5-21-8/h3-7H,1-2H3,(H,14,20)(H,15,16,17,19). The smallest absolute Gasteiger partial charge is 0.266 e. The van der Waals surface area contributed by atoms with Crippen molar-refractivity contribution >= 4 is 28.8 Å². The minimum Gasteiger partial charge on any atom is -0.306 e. The Morgan fingerprint density at radius 2 is 2.29 bits per heavy atom. The Balaban J connectivity index is 2.05. The Labute approximate surface area is 123 Å². The number of aromatic nitrogens is 4. The van der Waals surface area contributed by atoms with Gasteiger partial charge in [0, 0.05) is 12.0 Å². The van der Waals surface area contributed by atoms with Gasteiger partial charge in [-0.3, -0.25) is 14.6 Å². The molecule has 0 aliphatic heterocycles. The first-order valence-electron chi connectivity index (χ1n) is 6.39. The van der Waals surface area contributed by atoms with Gasteiger partial charge in [0.1, 0.15) is 5.82 Å². The minimum absolute atomic E-state index is 0.120. The molecule has 3 aromatic rings. The summed E-state index contributed by atoms with van der Waals surface area (Å²) in [4.78, 5) is 31.2. The second-order valence-corrected chi connectivity index (χ2v) is 5.76. The molecular weight excluding hydrogens is 290 g/mol. The van der Waals surface area contributed by atoms with E-state index < -0.39 is 0 Å². The van der Waals surface area contributed by atoms with E-state index >= 15 is 0 Å². The van der Waals surface area contributed by atoms with Crippen LogP contribution in [-0.4, -0.2) is 25.5 Å². The van der Waals surface area contributed by atoms with Crippen LogP contribution in [0.2, 0.25) is 0 Å². The van der Waals surface area contributed by atoms with Crippen molar-refractivity contribution in [2.24, 2.45) is 0 Å². The summed E-state index contributed by atoms with van der Waals surface area (Å²) >= 11 is 1.33. The molecule has 0 radical (unpaired) electrons. The number of H-pyrrole nitrogens is 1. The molecule has 0 spiro atoms. The zero-order valence-electron chi connectivity index (χ0n) is 11.5. The van der Waals surface area contributed by atoms with E-state index in [-0.39, 0.29) is 17.4 Å². The third kappa shape index (κ3) is 2.57. The van der Waals surface area contributed by atoms with Crippen molar-refractivity contribution < 1.29 is 4.79 Å². The van der Waals surface area contributed by atoms with Gasteiger partial charge < -0.3 is 5.32 Å². The van der Waals surface area contributed by atoms with Gasteiger partial charge in [-0.25, -0.2) is 0 Å². The molecule has 0 bridgehead atoms. The molecule has 0 atom stereocenters. The molecule has 3 aromatic heterocycles. The number of aromatic amines is 1. The summed E-state index contributed by atoms with van der Waals surface area (Å²) in [5.41, 5.74) is -0.341. The number of carbonyl (C=O) groups excluding carboxylic acids is 1. The van der Waals surface area contributed by atoms with E-state index in [1.165, 1.54) is 21.9 Å². The number of amides is 1. The number of carbonyl (C=O) groups is 1. The molecule has 2 N–H and O–H groups in total. The van der Waals surface area contributed by atoms with Crippen LogP contribution in [0.1, 0.15) is 35.3 Å². The lowest BCUT2D eigenvalue weighted by Gasteiger charge is -2.04. The van der Waals surface area contributed by atoms with E-state index in [1.54, 1.807) is 12.1 Å². The molecule has 0 unspecified atom stereocenters. The Morgan fingerprint density at radius 3 is 2.95 bits per heavy atom. The molecule has 21 heavy (non-hydrogen) atoms. The molecule has 3 heterocycles. The maximum absolute atomic E-state index is 12.1. The lowest BCUT2D eigenvalue weighted by Crippen LogP contribution is -2.18. The predicted molar refractivity (Wildman–Crippen MR) is 80.0 cm³/mol. The lowest BCUT2D eigenvalue weighted by atomic mass is 10.2. The van der Waals surface area contributed by atoms with Gasteiger partial charge in [0.2, 0.25) is 5.78 Å². The number of thiophene rings is 1. The van der Waals surface area contributed by atoms with Crippen molar-refractivity contribution in [2.45, 2.75) is 19.8 Å². The Hall–Kier alpha value is -2.48. The molecule has 108 valence electrons. The summed E-state index contributed by atoms with van der Waals surface area (Å²) in [5.74, 6) is 1.05. The largest absolute Gasteiger partial charge is 0.306 e. The number of nitrogens with one attached hydrogen (secondary N) is 2. The Kier molecular flexibility index (Phi) is 3.30. The van der Waals surface area contributed by atoms with E-state index in [2.05, 4.69) is 20.4 Å². The summed E-state index contributed by atoms with van der Waals surface area (Å²) < 4.78 is 1.43. The van der Waals surface area contributed by atoms with E-state index in [9.17, 15) is 9.59 Å². The van der Waals surface area contributed by atoms with Gasteiger partial charge in [0.25, 0.3) is 11.5 Å². The molecule has 0 saturated carbocycles. The van der Waals surface area contributed by atoms with Gasteiger partial charge >= 0.3 is 0 Å². The second-order valence-electron chi connectivity index (χ2n) is 4.81. The molecule has 0 aliphatic carbocycles. The quantitative estimate of drug-likeness (QED) is 0.772. The molecule has 3 rings (SSSR count). The monoisotopic (exact) mass is 303 g/mol. The molecule has 0 fully saturated rings. The van der Waals surface area contributed by atoms with Crippen LogP contribution in [0.4, 0.5) is 5.82 Å². The van der Waals surface area contributed by atoms with Crippen molar-refractivity contribution in [1.29, 1.82) is 0 Å². The van der Waals surface area contributed by atoms with Crippen molar-refractivity contribution in [3.63, 3.8) is 0 Å². The Morgan fingerprint density at radius 1 is 1.48 bits per heavy atom. The van der Waals surface area contributed by atoms with Crippen molar-refractivity contribution in [1.82, 2.24) is 19.6 Å². The number of anilines is 1. The number of rotatable bonds is 3. The molecule has 0 saturated heterocycles. The van der Waals surface area contributed by atoms with Crippen molar-refractivity contribution in [3.05, 3.63) is 44.6 Å². The van der Waals surface area contributed by atoms with Crippen LogP contribution >= 0.6 is 11.3 Å². The van der Waals surface area contributed by atoms with E-state index in [4.69, 9.17) is 0 Å². The molecule has 0 aliphatic rings. The zero-order chi connectivity index (χ0) is 15.0. The topological polar surface area (TPSA) is 92.1 Å². The van der Waals surface area contributed by atoms with Gasteiger partial charge in [-0.05, 0) is 11.4 Å². The molecule has 1 amide bonds. The van der Waals surface area contributed by atoms with Crippen molar-refractivity contribution in [3.8, 4) is 0 Å². The van der Waals surface area contributed by atoms with Crippen LogP contribution in [0.25, 0.3) is 5.78 Å². The van der Waals surface area contributed by atoms with Crippen LogP contribution in [0.5, 0.6) is 0 Å². The van der Waals surface area contributed by atoms with Crippen LogP contribution in [0.15, 0.2) is 28.4 Å². The molecule has 8 heteroatoms. The summed E-state index contributed by atoms with van der Waals surface area (Å²) in [6.45, 7) is 3.91. The van der Waals surface area contributed by atoms with Crippen LogP contribution in [0.3, 0.4) is 0 Å². The van der Waals surface area contributed by atoms with Crippen LogP contribution in [-0.2, 0) is 0 Å². The fraction of sp³-hybridized carbons (Fsp3) is 0.231. The highest BCUT2D eigenvalue weighted by molar-refractivity contribution is 7.12. The van der Waals surface area contributed by atoms with Gasteiger partial charge in [0.15, 0.2) is 5.82 Å². The molecule has 7 nitrogen and oxygen atoms in total. The third-order valence-electron chi connectivity index (χ3n) is 2.86. The van der Waals surface area contributed by atoms with Gasteiger partial charge in [-0.1, -0.05) is 19.9 Å². The van der Waals surface area contributed by atoms with Gasteiger partial charge in [-0.2, -0.15) is 9.50 Å². The number of nitrogens with zero attached hydrogens (tertiary/aromatic N) is 3. The summed E-state index contributed by atoms with van der Waals surface area (Å²) in [6.07, 6.45) is 0. The highest BCUT2D eigenvalue weighted by Crippen LogP contribution is 2.15. The van der Waals surface area contributed by atoms with E-state index in [0.717, 1.165) is 0 Å². The first-order chi connectivity index (χ1) is 10.0. The summed E-state index contributed by atoms with van der Waals surface area (Å²) in [7, 11) is 0. The van der Waals surface area contributed by atoms with Gasteiger partial charge in [0.05, 0.1) is 4.88 Å². The van der Waals surface area contributed by atoms with Crippen LogP contribution < -0.4 is 10.9 Å². The first kappa shape index (κ1) is 13.5. The summed E-state index contributed by atoms with van der Waals surface area (Å²) in [5, 5.41) is 8.82. The predicted octanol–water partition coefficient (Wildman–Crippen LogP) is 1.85. The highest BCUT2D eigenvalue weighted by atomic mass is 32.1. The van der Waals surface area contributed by atoms with E-state index in [0.29, 0.717) is 22.3 Å². The maximum atomic E-state index is 12.1. The second kappa shape index (κ2) is 5.13. The summed E-state index contributed by atoms with van der Waals surface area (Å²) in [6, 6.07) is 4.79.